The van der Waals surface area contributed by atoms with Crippen molar-refractivity contribution < 1.29 is 23.6 Å². The van der Waals surface area contributed by atoms with Crippen LogP contribution in [0.25, 0.3) is 11.1 Å². The van der Waals surface area contributed by atoms with Crippen LogP contribution in [0.4, 0.5) is 0 Å². The third kappa shape index (κ3) is 6.73. The monoisotopic (exact) mass is 543 g/mol. The highest BCUT2D eigenvalue weighted by Crippen LogP contribution is 2.37. The molecular formula is C32H33NO5S. The van der Waals surface area contributed by atoms with Gasteiger partial charge >= 0.3 is 0 Å². The van der Waals surface area contributed by atoms with Crippen LogP contribution in [0.15, 0.2) is 86.0 Å². The van der Waals surface area contributed by atoms with Crippen molar-refractivity contribution in [1.29, 1.82) is 0 Å². The maximum absolute atomic E-state index is 12.6. The lowest BCUT2D eigenvalue weighted by Crippen LogP contribution is -2.30. The van der Waals surface area contributed by atoms with Gasteiger partial charge in [-0.15, -0.1) is 13.2 Å². The number of carbonyl (C=O) groups excluding carboxylic acids is 2. The second-order valence-corrected chi connectivity index (χ2v) is 11.1. The molecule has 0 aliphatic carbocycles. The van der Waals surface area contributed by atoms with Gasteiger partial charge in [0.1, 0.15) is 11.5 Å². The summed E-state index contributed by atoms with van der Waals surface area (Å²) in [6.07, 6.45) is 6.23. The van der Waals surface area contributed by atoms with Gasteiger partial charge in [-0.05, 0) is 73.2 Å². The van der Waals surface area contributed by atoms with Gasteiger partial charge in [0.25, 0.3) is 11.8 Å². The summed E-state index contributed by atoms with van der Waals surface area (Å²) in [6.45, 7) is 8.18. The molecule has 0 bridgehead atoms. The third-order valence-corrected chi connectivity index (χ3v) is 7.97. The smallest absolute Gasteiger partial charge is 0.261 e. The van der Waals surface area contributed by atoms with Gasteiger partial charge in [0.2, 0.25) is 0 Å². The Labute approximate surface area is 232 Å². The molecule has 1 N–H and O–H groups in total. The van der Waals surface area contributed by atoms with E-state index in [-0.39, 0.29) is 24.2 Å². The lowest BCUT2D eigenvalue weighted by atomic mass is 9.97. The van der Waals surface area contributed by atoms with Gasteiger partial charge in [0, 0.05) is 34.2 Å². The number of phenols is 1. The fourth-order valence-corrected chi connectivity index (χ4v) is 5.62. The Bertz CT molecular complexity index is 1380. The first-order valence-electron chi connectivity index (χ1n) is 13.0. The second kappa shape index (κ2) is 13.2. The molecule has 1 unspecified atom stereocenters. The lowest BCUT2D eigenvalue weighted by Gasteiger charge is -2.15. The van der Waals surface area contributed by atoms with Crippen LogP contribution >= 0.6 is 0 Å². The molecule has 39 heavy (non-hydrogen) atoms. The first-order chi connectivity index (χ1) is 18.9. The molecule has 3 aromatic carbocycles. The zero-order valence-electron chi connectivity index (χ0n) is 21.9. The number of imide groups is 1. The molecule has 1 aliphatic rings. The van der Waals surface area contributed by atoms with Crippen LogP contribution in [0, 0.1) is 0 Å². The van der Waals surface area contributed by atoms with E-state index >= 15 is 0 Å². The maximum Gasteiger partial charge on any atom is 0.261 e. The van der Waals surface area contributed by atoms with Gasteiger partial charge in [-0.1, -0.05) is 36.4 Å². The molecule has 0 spiro atoms. The largest absolute Gasteiger partial charge is 0.507 e. The summed E-state index contributed by atoms with van der Waals surface area (Å²) in [6, 6.07) is 18.1. The normalized spacial score (nSPS) is 13.3. The molecule has 1 atom stereocenters. The Morgan fingerprint density at radius 1 is 0.795 bits per heavy atom. The number of benzene rings is 3. The molecule has 7 heteroatoms. The van der Waals surface area contributed by atoms with Gasteiger partial charge < -0.3 is 9.84 Å². The quantitative estimate of drug-likeness (QED) is 0.160. The summed E-state index contributed by atoms with van der Waals surface area (Å²) in [7, 11) is -1.11. The third-order valence-electron chi connectivity index (χ3n) is 6.61. The van der Waals surface area contributed by atoms with E-state index in [2.05, 4.69) is 13.2 Å². The highest BCUT2D eigenvalue weighted by atomic mass is 32.2. The molecule has 1 aliphatic heterocycles. The predicted molar refractivity (Wildman–Crippen MR) is 156 cm³/mol. The minimum atomic E-state index is -1.11. The summed E-state index contributed by atoms with van der Waals surface area (Å²) >= 11 is 0. The predicted octanol–water partition coefficient (Wildman–Crippen LogP) is 5.72. The minimum absolute atomic E-state index is 0.157. The molecular weight excluding hydrogens is 510 g/mol. The number of carbonyl (C=O) groups is 2. The SMILES string of the molecule is C=CCc1ccc(O)c(-c2cc(CC=C)ccc2OCCS(=O)CCCCN2C(=O)c3ccccc3C2=O)c1. The van der Waals surface area contributed by atoms with Crippen molar-refractivity contribution in [3.05, 3.63) is 108 Å². The highest BCUT2D eigenvalue weighted by molar-refractivity contribution is 7.84. The van der Waals surface area contributed by atoms with Gasteiger partial charge in [-0.2, -0.15) is 0 Å². The molecule has 202 valence electrons. The summed E-state index contributed by atoms with van der Waals surface area (Å²) in [5, 5.41) is 10.6. The first-order valence-corrected chi connectivity index (χ1v) is 14.5. The van der Waals surface area contributed by atoms with Crippen LogP contribution in [-0.4, -0.2) is 50.7 Å². The van der Waals surface area contributed by atoms with Crippen molar-refractivity contribution in [1.82, 2.24) is 4.90 Å². The van der Waals surface area contributed by atoms with E-state index in [9.17, 15) is 18.9 Å². The molecule has 0 radical (unpaired) electrons. The fourth-order valence-electron chi connectivity index (χ4n) is 4.62. The maximum atomic E-state index is 12.6. The number of ether oxygens (including phenoxy) is 1. The lowest BCUT2D eigenvalue weighted by molar-refractivity contribution is 0.0652. The van der Waals surface area contributed by atoms with Crippen molar-refractivity contribution >= 4 is 22.6 Å². The van der Waals surface area contributed by atoms with E-state index in [0.29, 0.717) is 66.2 Å². The van der Waals surface area contributed by atoms with E-state index in [1.807, 2.05) is 42.5 Å². The van der Waals surface area contributed by atoms with Crippen molar-refractivity contribution in [2.75, 3.05) is 24.7 Å². The van der Waals surface area contributed by atoms with Gasteiger partial charge in [-0.25, -0.2) is 0 Å². The summed E-state index contributed by atoms with van der Waals surface area (Å²) in [4.78, 5) is 26.2. The van der Waals surface area contributed by atoms with Crippen LogP contribution in [0.5, 0.6) is 11.5 Å². The average molecular weight is 544 g/mol. The zero-order chi connectivity index (χ0) is 27.8. The van der Waals surface area contributed by atoms with E-state index < -0.39 is 10.8 Å². The van der Waals surface area contributed by atoms with E-state index in [0.717, 1.165) is 16.7 Å². The van der Waals surface area contributed by atoms with Crippen molar-refractivity contribution in [2.24, 2.45) is 0 Å². The Morgan fingerprint density at radius 3 is 2.05 bits per heavy atom. The van der Waals surface area contributed by atoms with Crippen LogP contribution in [0.3, 0.4) is 0 Å². The van der Waals surface area contributed by atoms with Gasteiger partial charge in [-0.3, -0.25) is 18.7 Å². The van der Waals surface area contributed by atoms with Crippen LogP contribution in [0.2, 0.25) is 0 Å². The zero-order valence-corrected chi connectivity index (χ0v) is 22.8. The van der Waals surface area contributed by atoms with Crippen molar-refractivity contribution in [3.63, 3.8) is 0 Å². The molecule has 4 rings (SSSR count). The van der Waals surface area contributed by atoms with Crippen molar-refractivity contribution in [2.45, 2.75) is 25.7 Å². The van der Waals surface area contributed by atoms with Gasteiger partial charge in [0.05, 0.1) is 23.5 Å². The number of nitrogens with zero attached hydrogens (tertiary/aromatic N) is 1. The van der Waals surface area contributed by atoms with Crippen LogP contribution < -0.4 is 4.74 Å². The van der Waals surface area contributed by atoms with E-state index in [1.54, 1.807) is 30.3 Å². The number of allylic oxidation sites excluding steroid dienone is 2. The molecule has 6 nitrogen and oxygen atoms in total. The standard InChI is InChI=1S/C32H33NO5S/c1-3-9-23-13-15-29(34)27(21-23)28-22-24(10-4-2)14-16-30(28)38-18-20-39(37)19-8-7-17-33-31(35)25-11-5-6-12-26(25)32(33)36/h3-6,11-16,21-22,34H,1-2,7-10,17-20H2. The highest BCUT2D eigenvalue weighted by Gasteiger charge is 2.34. The number of rotatable bonds is 14. The summed E-state index contributed by atoms with van der Waals surface area (Å²) in [5.74, 6) is 1.05. The number of aromatic hydroxyl groups is 1. The van der Waals surface area contributed by atoms with Crippen LogP contribution in [-0.2, 0) is 23.6 Å². The van der Waals surface area contributed by atoms with Crippen LogP contribution in [0.1, 0.15) is 44.7 Å². The number of unbranched alkanes of at least 4 members (excludes halogenated alkanes) is 1. The van der Waals surface area contributed by atoms with Crippen molar-refractivity contribution in [3.8, 4) is 22.6 Å². The summed E-state index contributed by atoms with van der Waals surface area (Å²) in [5.41, 5.74) is 4.40. The first kappa shape index (κ1) is 28.0. The molecule has 0 saturated carbocycles. The fraction of sp³-hybridized carbons (Fsp3) is 0.250. The number of phenolic OH excluding ortho intramolecular Hbond substituents is 1. The molecule has 2 amide bonds. The number of hydrogen-bond acceptors (Lipinski definition) is 5. The molecule has 3 aromatic rings. The molecule has 0 fully saturated rings. The molecule has 0 aromatic heterocycles. The Hall–Kier alpha value is -3.97. The number of hydrogen-bond donors (Lipinski definition) is 1. The average Bonchev–Trinajstić information content (AvgIpc) is 3.18. The Kier molecular flexibility index (Phi) is 9.49. The van der Waals surface area contributed by atoms with Gasteiger partial charge in [0.15, 0.2) is 0 Å². The number of fused-ring (bicyclic) bond motifs is 1. The van der Waals surface area contributed by atoms with E-state index in [4.69, 9.17) is 4.74 Å². The Balaban J connectivity index is 1.31. The number of amides is 2. The summed E-state index contributed by atoms with van der Waals surface area (Å²) < 4.78 is 18.7. The minimum Gasteiger partial charge on any atom is -0.507 e. The topological polar surface area (TPSA) is 83.9 Å². The Morgan fingerprint density at radius 2 is 1.41 bits per heavy atom. The second-order valence-electron chi connectivity index (χ2n) is 9.38. The molecule has 0 saturated heterocycles. The molecule has 1 heterocycles. The van der Waals surface area contributed by atoms with E-state index in [1.165, 1.54) is 4.90 Å².